The van der Waals surface area contributed by atoms with E-state index in [9.17, 15) is 0 Å². The van der Waals surface area contributed by atoms with Crippen LogP contribution in [0.25, 0.3) is 5.57 Å². The van der Waals surface area contributed by atoms with Gasteiger partial charge in [-0.3, -0.25) is 0 Å². The van der Waals surface area contributed by atoms with Crippen molar-refractivity contribution < 1.29 is 0 Å². The molecule has 0 aliphatic heterocycles. The summed E-state index contributed by atoms with van der Waals surface area (Å²) in [5.41, 5.74) is 9.66. The van der Waals surface area contributed by atoms with Crippen LogP contribution in [0, 0.1) is 0 Å². The Morgan fingerprint density at radius 1 is 1.25 bits per heavy atom. The van der Waals surface area contributed by atoms with Crippen LogP contribution in [-0.4, -0.2) is 0 Å². The van der Waals surface area contributed by atoms with E-state index in [1.807, 2.05) is 13.0 Å². The van der Waals surface area contributed by atoms with Gasteiger partial charge in [0.2, 0.25) is 0 Å². The van der Waals surface area contributed by atoms with E-state index in [0.29, 0.717) is 0 Å². The molecule has 0 bridgehead atoms. The molecule has 62 valence electrons. The van der Waals surface area contributed by atoms with Crippen LogP contribution >= 0.6 is 0 Å². The number of hydrogen-bond donors (Lipinski definition) is 1. The fourth-order valence-electron chi connectivity index (χ4n) is 1.90. The molecule has 2 rings (SSSR count). The summed E-state index contributed by atoms with van der Waals surface area (Å²) in [5, 5.41) is 0. The first kappa shape index (κ1) is 7.56. The van der Waals surface area contributed by atoms with Crippen LogP contribution in [0.1, 0.15) is 25.0 Å². The highest BCUT2D eigenvalue weighted by Gasteiger charge is 2.27. The summed E-state index contributed by atoms with van der Waals surface area (Å²) in [6.07, 6.45) is 2.12. The van der Waals surface area contributed by atoms with Gasteiger partial charge in [0.05, 0.1) is 5.54 Å². The van der Waals surface area contributed by atoms with Crippen LogP contribution in [0.4, 0.5) is 0 Å². The number of allylic oxidation sites excluding steroid dienone is 1. The minimum Gasteiger partial charge on any atom is -0.318 e. The molecule has 0 amide bonds. The van der Waals surface area contributed by atoms with E-state index in [0.717, 1.165) is 0 Å². The molecule has 0 spiro atoms. The summed E-state index contributed by atoms with van der Waals surface area (Å²) in [6.45, 7) is 4.15. The zero-order chi connectivity index (χ0) is 8.77. The molecule has 12 heavy (non-hydrogen) atoms. The van der Waals surface area contributed by atoms with Crippen molar-refractivity contribution in [3.63, 3.8) is 0 Å². The number of hydrogen-bond acceptors (Lipinski definition) is 1. The predicted molar refractivity (Wildman–Crippen MR) is 51.6 cm³/mol. The molecular formula is C11H13N. The molecular weight excluding hydrogens is 146 g/mol. The third-order valence-electron chi connectivity index (χ3n) is 2.45. The number of benzene rings is 1. The number of nitrogens with two attached hydrogens (primary N) is 1. The Labute approximate surface area is 72.9 Å². The molecule has 1 atom stereocenters. The van der Waals surface area contributed by atoms with E-state index in [-0.39, 0.29) is 5.54 Å². The third-order valence-corrected chi connectivity index (χ3v) is 2.45. The summed E-state index contributed by atoms with van der Waals surface area (Å²) >= 11 is 0. The predicted octanol–water partition coefficient (Wildman–Crippen LogP) is 2.28. The van der Waals surface area contributed by atoms with Crippen molar-refractivity contribution in [2.45, 2.75) is 19.4 Å². The van der Waals surface area contributed by atoms with Gasteiger partial charge in [-0.25, -0.2) is 0 Å². The lowest BCUT2D eigenvalue weighted by Crippen LogP contribution is -2.28. The largest absolute Gasteiger partial charge is 0.318 e. The normalized spacial score (nSPS) is 26.8. The molecule has 2 N–H and O–H groups in total. The first-order valence-corrected chi connectivity index (χ1v) is 4.19. The summed E-state index contributed by atoms with van der Waals surface area (Å²) in [4.78, 5) is 0. The second-order valence-electron chi connectivity index (χ2n) is 3.66. The highest BCUT2D eigenvalue weighted by atomic mass is 14.7. The Kier molecular flexibility index (Phi) is 1.39. The van der Waals surface area contributed by atoms with Gasteiger partial charge >= 0.3 is 0 Å². The van der Waals surface area contributed by atoms with Gasteiger partial charge in [0.1, 0.15) is 0 Å². The Morgan fingerprint density at radius 2 is 1.92 bits per heavy atom. The molecule has 1 heteroatoms. The van der Waals surface area contributed by atoms with Crippen molar-refractivity contribution in [2.75, 3.05) is 0 Å². The van der Waals surface area contributed by atoms with Crippen molar-refractivity contribution >= 4 is 5.57 Å². The quantitative estimate of drug-likeness (QED) is 0.617. The van der Waals surface area contributed by atoms with E-state index < -0.39 is 0 Å². The molecule has 1 aromatic rings. The molecule has 1 aliphatic carbocycles. The summed E-state index contributed by atoms with van der Waals surface area (Å²) in [5.74, 6) is 0. The summed E-state index contributed by atoms with van der Waals surface area (Å²) in [6, 6.07) is 8.32. The van der Waals surface area contributed by atoms with Gasteiger partial charge in [0, 0.05) is 0 Å². The topological polar surface area (TPSA) is 26.0 Å². The lowest BCUT2D eigenvalue weighted by Gasteiger charge is -2.16. The zero-order valence-corrected chi connectivity index (χ0v) is 7.46. The highest BCUT2D eigenvalue weighted by Crippen LogP contribution is 2.36. The maximum Gasteiger partial charge on any atom is 0.0578 e. The van der Waals surface area contributed by atoms with Gasteiger partial charge in [-0.2, -0.15) is 0 Å². The van der Waals surface area contributed by atoms with Gasteiger partial charge in [-0.1, -0.05) is 30.3 Å². The molecule has 0 heterocycles. The highest BCUT2D eigenvalue weighted by molar-refractivity contribution is 5.74. The van der Waals surface area contributed by atoms with E-state index >= 15 is 0 Å². The van der Waals surface area contributed by atoms with Crippen LogP contribution < -0.4 is 5.73 Å². The van der Waals surface area contributed by atoms with Crippen molar-refractivity contribution in [3.05, 3.63) is 41.5 Å². The minimum atomic E-state index is -0.263. The van der Waals surface area contributed by atoms with Crippen LogP contribution in [-0.2, 0) is 5.54 Å². The minimum absolute atomic E-state index is 0.263. The lowest BCUT2D eigenvalue weighted by atomic mass is 9.96. The van der Waals surface area contributed by atoms with Crippen LogP contribution in [0.5, 0.6) is 0 Å². The molecule has 1 nitrogen and oxygen atoms in total. The molecule has 0 saturated carbocycles. The van der Waals surface area contributed by atoms with Crippen molar-refractivity contribution in [2.24, 2.45) is 5.73 Å². The average molecular weight is 159 g/mol. The van der Waals surface area contributed by atoms with Gasteiger partial charge in [-0.05, 0) is 30.5 Å². The maximum atomic E-state index is 6.10. The zero-order valence-electron chi connectivity index (χ0n) is 7.46. The van der Waals surface area contributed by atoms with Gasteiger partial charge in [-0.15, -0.1) is 0 Å². The number of rotatable bonds is 0. The smallest absolute Gasteiger partial charge is 0.0578 e. The Bertz CT molecular complexity index is 348. The maximum absolute atomic E-state index is 6.10. The first-order valence-electron chi connectivity index (χ1n) is 4.19. The Hall–Kier alpha value is -1.08. The molecule has 0 aromatic heterocycles. The molecule has 0 fully saturated rings. The number of fused-ring (bicyclic) bond motifs is 1. The monoisotopic (exact) mass is 159 g/mol. The van der Waals surface area contributed by atoms with E-state index in [1.165, 1.54) is 16.7 Å². The molecule has 0 radical (unpaired) electrons. The second kappa shape index (κ2) is 2.20. The summed E-state index contributed by atoms with van der Waals surface area (Å²) in [7, 11) is 0. The van der Waals surface area contributed by atoms with Gasteiger partial charge in [0.15, 0.2) is 0 Å². The first-order chi connectivity index (χ1) is 5.61. The second-order valence-corrected chi connectivity index (χ2v) is 3.66. The lowest BCUT2D eigenvalue weighted by molar-refractivity contribution is 0.642. The molecule has 1 aromatic carbocycles. The van der Waals surface area contributed by atoms with Crippen LogP contribution in [0.2, 0.25) is 0 Å². The standard InChI is InChI=1S/C11H13N/c1-8-7-11(2,12)10-6-4-3-5-9(8)10/h3-7H,12H2,1-2H3. The van der Waals surface area contributed by atoms with Crippen molar-refractivity contribution in [3.8, 4) is 0 Å². The third kappa shape index (κ3) is 0.901. The fourth-order valence-corrected chi connectivity index (χ4v) is 1.90. The van der Waals surface area contributed by atoms with E-state index in [1.54, 1.807) is 0 Å². The van der Waals surface area contributed by atoms with Crippen molar-refractivity contribution in [1.29, 1.82) is 0 Å². The Morgan fingerprint density at radius 3 is 2.58 bits per heavy atom. The average Bonchev–Trinajstić information content (AvgIpc) is 2.25. The van der Waals surface area contributed by atoms with E-state index in [4.69, 9.17) is 5.73 Å². The van der Waals surface area contributed by atoms with Crippen LogP contribution in [0.15, 0.2) is 30.3 Å². The Balaban J connectivity index is 2.68. The van der Waals surface area contributed by atoms with Crippen molar-refractivity contribution in [1.82, 2.24) is 0 Å². The fraction of sp³-hybridized carbons (Fsp3) is 0.273. The molecule has 1 aliphatic rings. The van der Waals surface area contributed by atoms with Gasteiger partial charge < -0.3 is 5.73 Å². The van der Waals surface area contributed by atoms with E-state index in [2.05, 4.69) is 31.2 Å². The molecule has 1 unspecified atom stereocenters. The van der Waals surface area contributed by atoms with Crippen LogP contribution in [0.3, 0.4) is 0 Å². The summed E-state index contributed by atoms with van der Waals surface area (Å²) < 4.78 is 0. The van der Waals surface area contributed by atoms with Gasteiger partial charge in [0.25, 0.3) is 0 Å². The molecule has 0 saturated heterocycles. The SMILES string of the molecule is CC1=CC(C)(N)c2ccccc21.